The van der Waals surface area contributed by atoms with E-state index in [0.29, 0.717) is 12.1 Å². The number of likely N-dealkylation sites (N-methyl/N-ethyl adjacent to an activating group) is 1. The number of aliphatic hydroxyl groups excluding tert-OH is 1. The van der Waals surface area contributed by atoms with Crippen LogP contribution >= 0.6 is 0 Å². The second-order valence-electron chi connectivity index (χ2n) is 5.54. The number of nitrogens with zero attached hydrogens (tertiary/aromatic N) is 1. The van der Waals surface area contributed by atoms with Crippen molar-refractivity contribution < 1.29 is 13.5 Å². The van der Waals surface area contributed by atoms with Crippen molar-refractivity contribution >= 4 is 9.84 Å². The van der Waals surface area contributed by atoms with Crippen LogP contribution in [-0.2, 0) is 16.4 Å². The highest BCUT2D eigenvalue weighted by molar-refractivity contribution is 7.90. The minimum atomic E-state index is -3.20. The van der Waals surface area contributed by atoms with Crippen molar-refractivity contribution in [1.29, 1.82) is 0 Å². The largest absolute Gasteiger partial charge is 0.387 e. The normalized spacial score (nSPS) is 13.3. The Hall–Kier alpha value is -1.69. The molecule has 2 rings (SSSR count). The van der Waals surface area contributed by atoms with E-state index in [1.54, 1.807) is 12.1 Å². The van der Waals surface area contributed by atoms with E-state index in [1.807, 2.05) is 42.3 Å². The monoisotopic (exact) mass is 319 g/mol. The molecular weight excluding hydrogens is 298 g/mol. The van der Waals surface area contributed by atoms with Crippen LogP contribution in [0.15, 0.2) is 59.5 Å². The molecule has 0 fully saturated rings. The fourth-order valence-electron chi connectivity index (χ4n) is 2.30. The lowest BCUT2D eigenvalue weighted by molar-refractivity contribution is 0.124. The summed E-state index contributed by atoms with van der Waals surface area (Å²) in [4.78, 5) is 2.30. The molecule has 0 aliphatic heterocycles. The van der Waals surface area contributed by atoms with Gasteiger partial charge >= 0.3 is 0 Å². The molecule has 0 bridgehead atoms. The second-order valence-corrected chi connectivity index (χ2v) is 7.56. The first-order valence-corrected chi connectivity index (χ1v) is 8.96. The average molecular weight is 319 g/mol. The van der Waals surface area contributed by atoms with E-state index in [2.05, 4.69) is 0 Å². The number of rotatable bonds is 6. The molecule has 0 spiro atoms. The summed E-state index contributed by atoms with van der Waals surface area (Å²) in [6.45, 7) is 1.23. The standard InChI is InChI=1S/C17H21NO3S/c1-18(12-14-6-4-3-5-7-14)13-17(19)15-8-10-16(11-9-15)22(2,20)21/h3-11,17,19H,12-13H2,1-2H3. The molecule has 0 heterocycles. The SMILES string of the molecule is CN(Cc1ccccc1)CC(O)c1ccc(S(C)(=O)=O)cc1. The van der Waals surface area contributed by atoms with Crippen LogP contribution in [0, 0.1) is 0 Å². The molecule has 4 nitrogen and oxygen atoms in total. The Morgan fingerprint density at radius 1 is 1.05 bits per heavy atom. The van der Waals surface area contributed by atoms with Gasteiger partial charge in [0.1, 0.15) is 0 Å². The molecule has 0 saturated heterocycles. The maximum atomic E-state index is 11.4. The zero-order chi connectivity index (χ0) is 16.2. The minimum absolute atomic E-state index is 0.265. The van der Waals surface area contributed by atoms with Gasteiger partial charge < -0.3 is 5.11 Å². The van der Waals surface area contributed by atoms with Crippen LogP contribution in [0.1, 0.15) is 17.2 Å². The van der Waals surface area contributed by atoms with E-state index >= 15 is 0 Å². The molecule has 0 aliphatic rings. The Morgan fingerprint density at radius 2 is 1.64 bits per heavy atom. The molecule has 1 N–H and O–H groups in total. The van der Waals surface area contributed by atoms with Crippen LogP contribution in [0.5, 0.6) is 0 Å². The maximum Gasteiger partial charge on any atom is 0.175 e. The Morgan fingerprint density at radius 3 is 2.18 bits per heavy atom. The summed E-state index contributed by atoms with van der Waals surface area (Å²) in [7, 11) is -1.26. The highest BCUT2D eigenvalue weighted by Gasteiger charge is 2.13. The van der Waals surface area contributed by atoms with Gasteiger partial charge in [-0.1, -0.05) is 42.5 Å². The number of hydrogen-bond acceptors (Lipinski definition) is 4. The lowest BCUT2D eigenvalue weighted by atomic mass is 10.1. The molecule has 2 aromatic rings. The first kappa shape index (κ1) is 16.7. The molecular formula is C17H21NO3S. The van der Waals surface area contributed by atoms with Crippen molar-refractivity contribution in [3.63, 3.8) is 0 Å². The van der Waals surface area contributed by atoms with Gasteiger partial charge in [-0.25, -0.2) is 8.42 Å². The molecule has 118 valence electrons. The Balaban J connectivity index is 1.98. The number of benzene rings is 2. The van der Waals surface area contributed by atoms with Crippen LogP contribution in [0.4, 0.5) is 0 Å². The highest BCUT2D eigenvalue weighted by Crippen LogP contribution is 2.18. The third-order valence-electron chi connectivity index (χ3n) is 3.47. The summed E-state index contributed by atoms with van der Waals surface area (Å²) >= 11 is 0. The van der Waals surface area contributed by atoms with Gasteiger partial charge in [-0.05, 0) is 30.3 Å². The zero-order valence-corrected chi connectivity index (χ0v) is 13.6. The van der Waals surface area contributed by atoms with Crippen LogP contribution in [0.3, 0.4) is 0 Å². The average Bonchev–Trinajstić information content (AvgIpc) is 2.47. The molecule has 0 saturated carbocycles. The van der Waals surface area contributed by atoms with Crippen molar-refractivity contribution in [2.75, 3.05) is 19.8 Å². The smallest absolute Gasteiger partial charge is 0.175 e. The first-order valence-electron chi connectivity index (χ1n) is 7.07. The Bertz CT molecular complexity index is 696. The van der Waals surface area contributed by atoms with Gasteiger partial charge in [-0.3, -0.25) is 4.90 Å². The molecule has 2 aromatic carbocycles. The van der Waals surface area contributed by atoms with Crippen molar-refractivity contribution in [3.8, 4) is 0 Å². The van der Waals surface area contributed by atoms with Crippen molar-refractivity contribution in [3.05, 3.63) is 65.7 Å². The van der Waals surface area contributed by atoms with E-state index in [1.165, 1.54) is 24.0 Å². The summed E-state index contributed by atoms with van der Waals surface area (Å²) in [5.41, 5.74) is 1.90. The molecule has 1 unspecified atom stereocenters. The lowest BCUT2D eigenvalue weighted by Crippen LogP contribution is -2.24. The number of hydrogen-bond donors (Lipinski definition) is 1. The molecule has 1 atom stereocenters. The van der Waals surface area contributed by atoms with Gasteiger partial charge in [0.05, 0.1) is 11.0 Å². The molecule has 5 heteroatoms. The first-order chi connectivity index (χ1) is 10.4. The predicted molar refractivity (Wildman–Crippen MR) is 87.3 cm³/mol. The van der Waals surface area contributed by atoms with Crippen LogP contribution in [-0.4, -0.2) is 38.3 Å². The summed E-state index contributed by atoms with van der Waals surface area (Å²) in [6.07, 6.45) is 0.522. The van der Waals surface area contributed by atoms with Crippen molar-refractivity contribution in [2.45, 2.75) is 17.5 Å². The maximum absolute atomic E-state index is 11.4. The van der Waals surface area contributed by atoms with Crippen molar-refractivity contribution in [2.24, 2.45) is 0 Å². The molecule has 22 heavy (non-hydrogen) atoms. The van der Waals surface area contributed by atoms with Crippen LogP contribution in [0.25, 0.3) is 0 Å². The van der Waals surface area contributed by atoms with E-state index in [0.717, 1.165) is 6.54 Å². The summed E-state index contributed by atoms with van der Waals surface area (Å²) < 4.78 is 22.8. The van der Waals surface area contributed by atoms with Gasteiger partial charge in [0.2, 0.25) is 0 Å². The number of sulfone groups is 1. The van der Waals surface area contributed by atoms with Gasteiger partial charge in [0.25, 0.3) is 0 Å². The third-order valence-corrected chi connectivity index (χ3v) is 4.60. The summed E-state index contributed by atoms with van der Waals surface area (Å²) in [5, 5.41) is 10.3. The van der Waals surface area contributed by atoms with Gasteiger partial charge in [0.15, 0.2) is 9.84 Å². The lowest BCUT2D eigenvalue weighted by Gasteiger charge is -2.21. The number of aliphatic hydroxyl groups is 1. The van der Waals surface area contributed by atoms with E-state index in [4.69, 9.17) is 0 Å². The highest BCUT2D eigenvalue weighted by atomic mass is 32.2. The summed E-state index contributed by atoms with van der Waals surface area (Å²) in [6, 6.07) is 16.4. The van der Waals surface area contributed by atoms with Crippen molar-refractivity contribution in [1.82, 2.24) is 4.90 Å². The zero-order valence-electron chi connectivity index (χ0n) is 12.8. The Kier molecular flexibility index (Phi) is 5.34. The second kappa shape index (κ2) is 7.05. The van der Waals surface area contributed by atoms with Crippen LogP contribution in [0.2, 0.25) is 0 Å². The summed E-state index contributed by atoms with van der Waals surface area (Å²) in [5.74, 6) is 0. The quantitative estimate of drug-likeness (QED) is 0.887. The van der Waals surface area contributed by atoms with Gasteiger partial charge in [-0.15, -0.1) is 0 Å². The molecule has 0 radical (unpaired) electrons. The van der Waals surface area contributed by atoms with E-state index in [9.17, 15) is 13.5 Å². The predicted octanol–water partition coefficient (Wildman–Crippen LogP) is 2.26. The fraction of sp³-hybridized carbons (Fsp3) is 0.294. The van der Waals surface area contributed by atoms with E-state index in [-0.39, 0.29) is 4.90 Å². The molecule has 0 amide bonds. The third kappa shape index (κ3) is 4.66. The topological polar surface area (TPSA) is 57.6 Å². The molecule has 0 aromatic heterocycles. The fourth-order valence-corrected chi connectivity index (χ4v) is 2.93. The Labute approximate surface area is 131 Å². The van der Waals surface area contributed by atoms with Gasteiger partial charge in [-0.2, -0.15) is 0 Å². The van der Waals surface area contributed by atoms with E-state index < -0.39 is 15.9 Å². The van der Waals surface area contributed by atoms with Gasteiger partial charge in [0, 0.05) is 19.3 Å². The molecule has 0 aliphatic carbocycles. The minimum Gasteiger partial charge on any atom is -0.387 e. The van der Waals surface area contributed by atoms with Crippen LogP contribution < -0.4 is 0 Å².